The van der Waals surface area contributed by atoms with Crippen LogP contribution < -0.4 is 10.4 Å². The average molecular weight is 518 g/mol. The second kappa shape index (κ2) is 9.49. The highest BCUT2D eigenvalue weighted by molar-refractivity contribution is 6.32. The molecule has 2 aliphatic heterocycles. The first-order chi connectivity index (χ1) is 16.5. The fourth-order valence-corrected chi connectivity index (χ4v) is 3.74. The van der Waals surface area contributed by atoms with Crippen molar-refractivity contribution >= 4 is 40.4 Å². The summed E-state index contributed by atoms with van der Waals surface area (Å²) in [5.41, 5.74) is -2.85. The van der Waals surface area contributed by atoms with Crippen LogP contribution in [0.15, 0.2) is 21.3 Å². The molecule has 2 aliphatic rings. The molecule has 0 spiro atoms. The number of hydrogen-bond donors (Lipinski definition) is 4. The van der Waals surface area contributed by atoms with Crippen LogP contribution in [0.25, 0.3) is 11.0 Å². The molecule has 188 valence electrons. The fourth-order valence-electron chi connectivity index (χ4n) is 3.50. The van der Waals surface area contributed by atoms with Crippen LogP contribution in [-0.4, -0.2) is 80.6 Å². The van der Waals surface area contributed by atoms with Crippen molar-refractivity contribution in [1.29, 1.82) is 0 Å². The summed E-state index contributed by atoms with van der Waals surface area (Å²) >= 11 is 6.06. The molecule has 15 heteroatoms. The number of benzene rings is 1. The number of aliphatic hydroxyl groups is 4. The van der Waals surface area contributed by atoms with E-state index >= 15 is 4.39 Å². The molecule has 0 saturated carbocycles. The molecule has 13 nitrogen and oxygen atoms in total. The lowest BCUT2D eigenvalue weighted by Gasteiger charge is -2.39. The summed E-state index contributed by atoms with van der Waals surface area (Å²) in [4.78, 5) is 52.5. The Kier molecular flexibility index (Phi) is 6.77. The molecule has 4 N–H and O–H groups in total. The van der Waals surface area contributed by atoms with Gasteiger partial charge >= 0.3 is 11.6 Å². The Morgan fingerprint density at radius 3 is 2.40 bits per heavy atom. The minimum absolute atomic E-state index is 0.170. The van der Waals surface area contributed by atoms with Crippen LogP contribution in [0, 0.1) is 5.82 Å². The van der Waals surface area contributed by atoms with Gasteiger partial charge in [-0.3, -0.25) is 9.59 Å². The van der Waals surface area contributed by atoms with Gasteiger partial charge in [-0.2, -0.15) is 4.39 Å². The molecule has 1 aromatic heterocycles. The monoisotopic (exact) mass is 517 g/mol. The number of nitrogens with zero attached hydrogens (tertiary/aromatic N) is 1. The van der Waals surface area contributed by atoms with Gasteiger partial charge in [-0.1, -0.05) is 11.6 Å². The molecule has 3 heterocycles. The average Bonchev–Trinajstić information content (AvgIpc) is 3.13. The highest BCUT2D eigenvalue weighted by Crippen LogP contribution is 2.36. The maximum absolute atomic E-state index is 15.2. The fraction of sp³-hybridized carbons (Fsp3) is 0.400. The van der Waals surface area contributed by atoms with Gasteiger partial charge in [-0.15, -0.1) is 5.06 Å². The number of imide groups is 1. The summed E-state index contributed by atoms with van der Waals surface area (Å²) in [6, 6.07) is 1.90. The first-order valence-corrected chi connectivity index (χ1v) is 10.4. The lowest BCUT2D eigenvalue weighted by Crippen LogP contribution is -2.60. The van der Waals surface area contributed by atoms with Crippen LogP contribution in [0.1, 0.15) is 23.2 Å². The third-order valence-corrected chi connectivity index (χ3v) is 5.64. The normalized spacial score (nSPS) is 26.9. The molecule has 0 bridgehead atoms. The molecule has 2 amide bonds. The molecule has 2 unspecified atom stereocenters. The summed E-state index contributed by atoms with van der Waals surface area (Å²) in [6.45, 7) is -0.763. The van der Waals surface area contributed by atoms with Gasteiger partial charge in [0.25, 0.3) is 11.8 Å². The smallest absolute Gasteiger partial charge is 0.371 e. The first-order valence-electron chi connectivity index (χ1n) is 10.0. The summed E-state index contributed by atoms with van der Waals surface area (Å²) < 4.78 is 30.4. The number of hydroxylamine groups is 2. The number of carbonyl (C=O) groups excluding carboxylic acids is 3. The third kappa shape index (κ3) is 4.47. The lowest BCUT2D eigenvalue weighted by atomic mass is 9.99. The molecule has 5 atom stereocenters. The van der Waals surface area contributed by atoms with Gasteiger partial charge in [-0.05, 0) is 12.1 Å². The van der Waals surface area contributed by atoms with Crippen molar-refractivity contribution in [2.75, 3.05) is 6.61 Å². The minimum atomic E-state index is -1.88. The van der Waals surface area contributed by atoms with Crippen LogP contribution in [0.4, 0.5) is 4.39 Å². The molecule has 2 saturated heterocycles. The van der Waals surface area contributed by atoms with Crippen LogP contribution in [0.2, 0.25) is 5.02 Å². The van der Waals surface area contributed by atoms with Crippen molar-refractivity contribution in [3.05, 3.63) is 39.0 Å². The second-order valence-corrected chi connectivity index (χ2v) is 8.05. The number of fused-ring (bicyclic) bond motifs is 1. The summed E-state index contributed by atoms with van der Waals surface area (Å²) in [5, 5.41) is 38.6. The third-order valence-electron chi connectivity index (χ3n) is 5.36. The van der Waals surface area contributed by atoms with Gasteiger partial charge in [0.05, 0.1) is 11.6 Å². The molecule has 0 aliphatic carbocycles. The maximum Gasteiger partial charge on any atom is 0.371 e. The second-order valence-electron chi connectivity index (χ2n) is 7.64. The van der Waals surface area contributed by atoms with E-state index in [0.29, 0.717) is 0 Å². The Labute approximate surface area is 198 Å². The Balaban J connectivity index is 1.65. The molecular weight excluding hydrogens is 501 g/mol. The predicted octanol–water partition coefficient (Wildman–Crippen LogP) is -1.02. The number of halogens is 2. The van der Waals surface area contributed by atoms with E-state index in [0.717, 1.165) is 12.1 Å². The Bertz CT molecular complexity index is 1250. The summed E-state index contributed by atoms with van der Waals surface area (Å²) in [5.74, 6) is -5.07. The van der Waals surface area contributed by atoms with Gasteiger partial charge < -0.3 is 39.2 Å². The van der Waals surface area contributed by atoms with Gasteiger partial charge in [0.1, 0.15) is 30.0 Å². The molecule has 2 fully saturated rings. The van der Waals surface area contributed by atoms with E-state index in [9.17, 15) is 39.6 Å². The van der Waals surface area contributed by atoms with E-state index in [4.69, 9.17) is 25.5 Å². The zero-order chi connectivity index (χ0) is 25.6. The van der Waals surface area contributed by atoms with Gasteiger partial charge in [-0.25, -0.2) is 9.59 Å². The number of carbonyl (C=O) groups is 3. The maximum atomic E-state index is 15.2. The molecule has 2 aromatic rings. The molecule has 35 heavy (non-hydrogen) atoms. The standard InChI is InChI=1S/C20H17ClFNO12/c21-8-4-6-3-7(19(31)35-23-10(25)1-2-11(23)26)18(30)33-16(6)12(22)17(8)34-20-15(29)14(28)13(27)9(5-24)32-20/h3-4,9,13-15,20,24,27-29H,1-2,5H2/t9?,13-,14-,15?,20-/m0/s1. The first kappa shape index (κ1) is 25.0. The minimum Gasteiger partial charge on any atom is -0.457 e. The van der Waals surface area contributed by atoms with E-state index in [1.54, 1.807) is 0 Å². The van der Waals surface area contributed by atoms with Gasteiger partial charge in [0, 0.05) is 18.2 Å². The van der Waals surface area contributed by atoms with Crippen molar-refractivity contribution in [2.24, 2.45) is 0 Å². The van der Waals surface area contributed by atoms with E-state index in [1.807, 2.05) is 0 Å². The van der Waals surface area contributed by atoms with Crippen LogP contribution in [0.3, 0.4) is 0 Å². The van der Waals surface area contributed by atoms with Crippen molar-refractivity contribution in [1.82, 2.24) is 5.06 Å². The van der Waals surface area contributed by atoms with Crippen molar-refractivity contribution in [3.63, 3.8) is 0 Å². The van der Waals surface area contributed by atoms with Crippen molar-refractivity contribution in [2.45, 2.75) is 43.5 Å². The Hall–Kier alpha value is -3.14. The number of ether oxygens (including phenoxy) is 2. The van der Waals surface area contributed by atoms with E-state index in [1.165, 1.54) is 0 Å². The van der Waals surface area contributed by atoms with Crippen molar-refractivity contribution in [3.8, 4) is 5.75 Å². The van der Waals surface area contributed by atoms with Crippen LogP contribution in [0.5, 0.6) is 5.75 Å². The Morgan fingerprint density at radius 2 is 1.77 bits per heavy atom. The number of aliphatic hydroxyl groups excluding tert-OH is 4. The highest BCUT2D eigenvalue weighted by Gasteiger charge is 2.45. The zero-order valence-corrected chi connectivity index (χ0v) is 18.2. The van der Waals surface area contributed by atoms with E-state index < -0.39 is 88.5 Å². The van der Waals surface area contributed by atoms with E-state index in [2.05, 4.69) is 4.84 Å². The van der Waals surface area contributed by atoms with Crippen LogP contribution in [-0.2, 0) is 19.2 Å². The predicted molar refractivity (Wildman–Crippen MR) is 108 cm³/mol. The highest BCUT2D eigenvalue weighted by atomic mass is 35.5. The quantitative estimate of drug-likeness (QED) is 0.279. The molecule has 1 aromatic carbocycles. The zero-order valence-electron chi connectivity index (χ0n) is 17.4. The van der Waals surface area contributed by atoms with Gasteiger partial charge in [0.15, 0.2) is 11.3 Å². The van der Waals surface area contributed by atoms with Crippen molar-refractivity contribution < 1.29 is 57.9 Å². The Morgan fingerprint density at radius 1 is 1.11 bits per heavy atom. The molecular formula is C20H17ClFNO12. The van der Waals surface area contributed by atoms with E-state index in [-0.39, 0.29) is 23.3 Å². The number of hydrogen-bond acceptors (Lipinski definition) is 12. The number of amides is 2. The SMILES string of the molecule is O=C(ON1C(=O)CCC1=O)c1cc2cc(Cl)c(O[C@@H]3OC(CO)[C@H](O)[C@H](O)C3O)c(F)c2oc1=O. The molecule has 4 rings (SSSR count). The largest absolute Gasteiger partial charge is 0.457 e. The summed E-state index contributed by atoms with van der Waals surface area (Å²) in [7, 11) is 0. The van der Waals surface area contributed by atoms with Gasteiger partial charge in [0.2, 0.25) is 12.1 Å². The lowest BCUT2D eigenvalue weighted by molar-refractivity contribution is -0.277. The molecule has 0 radical (unpaired) electrons. The topological polar surface area (TPSA) is 193 Å². The van der Waals surface area contributed by atoms with Crippen LogP contribution >= 0.6 is 11.6 Å². The number of rotatable bonds is 5. The summed E-state index contributed by atoms with van der Waals surface area (Å²) in [6.07, 6.45) is -8.84.